The third kappa shape index (κ3) is 3.77. The Morgan fingerprint density at radius 2 is 1.86 bits per heavy atom. The largest absolute Gasteiger partial charge is 0.504 e. The molecule has 0 fully saturated rings. The molecule has 2 heterocycles. The summed E-state index contributed by atoms with van der Waals surface area (Å²) in [6.07, 6.45) is 1.83. The highest BCUT2D eigenvalue weighted by Gasteiger charge is 2.11. The fraction of sp³-hybridized carbons (Fsp3) is 0.0952. The monoisotopic (exact) mass is 395 g/mol. The van der Waals surface area contributed by atoms with Crippen LogP contribution in [0, 0.1) is 11.6 Å². The first kappa shape index (κ1) is 18.5. The van der Waals surface area contributed by atoms with Gasteiger partial charge in [0.1, 0.15) is 17.5 Å². The number of pyridine rings is 1. The zero-order valence-corrected chi connectivity index (χ0v) is 15.2. The fourth-order valence-corrected chi connectivity index (χ4v) is 3.05. The average Bonchev–Trinajstić information content (AvgIpc) is 2.67. The lowest BCUT2D eigenvalue weighted by Crippen LogP contribution is -2.12. The molecular weight excluding hydrogens is 380 g/mol. The molecule has 0 spiro atoms. The number of phenolic OH excluding ortho intramolecular Hbond substituents is 1. The maximum Gasteiger partial charge on any atom is 0.258 e. The third-order valence-corrected chi connectivity index (χ3v) is 4.41. The van der Waals surface area contributed by atoms with E-state index in [-0.39, 0.29) is 23.5 Å². The van der Waals surface area contributed by atoms with E-state index in [1.165, 1.54) is 31.4 Å². The summed E-state index contributed by atoms with van der Waals surface area (Å²) in [5, 5.41) is 10.2. The summed E-state index contributed by atoms with van der Waals surface area (Å²) in [4.78, 5) is 23.7. The van der Waals surface area contributed by atoms with E-state index < -0.39 is 11.6 Å². The molecular formula is C21H15F2N3O3. The Hall–Kier alpha value is -3.81. The molecule has 0 saturated carbocycles. The second-order valence-electron chi connectivity index (χ2n) is 6.44. The molecule has 0 aliphatic carbocycles. The number of methoxy groups -OCH3 is 1. The van der Waals surface area contributed by atoms with Crippen molar-refractivity contribution in [3.63, 3.8) is 0 Å². The highest BCUT2D eigenvalue weighted by atomic mass is 19.1. The number of phenols is 1. The van der Waals surface area contributed by atoms with Gasteiger partial charge in [-0.25, -0.2) is 13.8 Å². The van der Waals surface area contributed by atoms with Crippen LogP contribution in [0.3, 0.4) is 0 Å². The van der Waals surface area contributed by atoms with Crippen LogP contribution >= 0.6 is 0 Å². The number of hydrogen-bond donors (Lipinski definition) is 2. The van der Waals surface area contributed by atoms with Crippen molar-refractivity contribution in [1.82, 2.24) is 15.0 Å². The van der Waals surface area contributed by atoms with Crippen LogP contribution in [0.2, 0.25) is 0 Å². The first-order valence-corrected chi connectivity index (χ1v) is 8.64. The summed E-state index contributed by atoms with van der Waals surface area (Å²) in [5.41, 5.74) is 1.47. The van der Waals surface area contributed by atoms with E-state index >= 15 is 0 Å². The van der Waals surface area contributed by atoms with Gasteiger partial charge >= 0.3 is 0 Å². The zero-order valence-electron chi connectivity index (χ0n) is 15.2. The number of aromatic nitrogens is 3. The lowest BCUT2D eigenvalue weighted by molar-refractivity contribution is 0.374. The van der Waals surface area contributed by atoms with Gasteiger partial charge in [0, 0.05) is 30.3 Å². The molecule has 0 unspecified atom stereocenters. The molecule has 2 N–H and O–H groups in total. The maximum atomic E-state index is 13.4. The minimum Gasteiger partial charge on any atom is -0.504 e. The molecule has 8 heteroatoms. The van der Waals surface area contributed by atoms with E-state index in [4.69, 9.17) is 4.74 Å². The van der Waals surface area contributed by atoms with Crippen LogP contribution in [-0.4, -0.2) is 27.2 Å². The van der Waals surface area contributed by atoms with Gasteiger partial charge in [0.05, 0.1) is 23.7 Å². The topological polar surface area (TPSA) is 88.1 Å². The van der Waals surface area contributed by atoms with Gasteiger partial charge in [-0.05, 0) is 29.8 Å². The van der Waals surface area contributed by atoms with Gasteiger partial charge in [-0.2, -0.15) is 0 Å². The van der Waals surface area contributed by atoms with Gasteiger partial charge in [0.15, 0.2) is 11.5 Å². The Labute approximate surface area is 163 Å². The number of halogens is 2. The molecule has 6 nitrogen and oxygen atoms in total. The summed E-state index contributed by atoms with van der Waals surface area (Å²) >= 11 is 0. The molecule has 2 aromatic heterocycles. The molecule has 4 aromatic rings. The molecule has 0 radical (unpaired) electrons. The van der Waals surface area contributed by atoms with E-state index in [9.17, 15) is 18.7 Å². The van der Waals surface area contributed by atoms with Crippen molar-refractivity contribution in [3.05, 3.63) is 82.0 Å². The standard InChI is InChI=1S/C21H15F2N3O3/c1-29-19-8-15-17(9-18(19)27)25-20(26-21(15)28)4-11-2-3-16(24-10-11)12-5-13(22)7-14(23)6-12/h2-3,5-10,27H,4H2,1H3,(H,25,26,28). The van der Waals surface area contributed by atoms with E-state index in [2.05, 4.69) is 15.0 Å². The number of fused-ring (bicyclic) bond motifs is 1. The highest BCUT2D eigenvalue weighted by Crippen LogP contribution is 2.29. The summed E-state index contributed by atoms with van der Waals surface area (Å²) in [5.74, 6) is -0.894. The predicted molar refractivity (Wildman–Crippen MR) is 103 cm³/mol. The SMILES string of the molecule is COc1cc2c(=O)[nH]c(Cc3ccc(-c4cc(F)cc(F)c4)nc3)nc2cc1O. The summed E-state index contributed by atoms with van der Waals surface area (Å²) in [7, 11) is 1.39. The van der Waals surface area contributed by atoms with Crippen LogP contribution in [-0.2, 0) is 6.42 Å². The molecule has 0 saturated heterocycles. The van der Waals surface area contributed by atoms with E-state index in [1.54, 1.807) is 18.3 Å². The number of rotatable bonds is 4. The Bertz CT molecular complexity index is 1250. The Balaban J connectivity index is 1.64. The summed E-state index contributed by atoms with van der Waals surface area (Å²) < 4.78 is 31.8. The second kappa shape index (κ2) is 7.31. The van der Waals surface area contributed by atoms with Crippen molar-refractivity contribution in [2.45, 2.75) is 6.42 Å². The molecule has 0 aliphatic heterocycles. The lowest BCUT2D eigenvalue weighted by Gasteiger charge is -2.07. The number of benzene rings is 2. The van der Waals surface area contributed by atoms with Gasteiger partial charge < -0.3 is 14.8 Å². The number of H-pyrrole nitrogens is 1. The summed E-state index contributed by atoms with van der Waals surface area (Å²) in [6, 6.07) is 9.37. The molecule has 4 rings (SSSR count). The van der Waals surface area contributed by atoms with Gasteiger partial charge in [0.2, 0.25) is 0 Å². The van der Waals surface area contributed by atoms with Crippen molar-refractivity contribution >= 4 is 10.9 Å². The van der Waals surface area contributed by atoms with Gasteiger partial charge in [0.25, 0.3) is 5.56 Å². The molecule has 0 atom stereocenters. The smallest absolute Gasteiger partial charge is 0.258 e. The fourth-order valence-electron chi connectivity index (χ4n) is 3.05. The minimum atomic E-state index is -0.677. The number of ether oxygens (including phenoxy) is 1. The van der Waals surface area contributed by atoms with Crippen molar-refractivity contribution in [2.24, 2.45) is 0 Å². The molecule has 146 valence electrons. The predicted octanol–water partition coefficient (Wildman–Crippen LogP) is 3.57. The molecule has 0 aliphatic rings. The lowest BCUT2D eigenvalue weighted by atomic mass is 10.1. The summed E-state index contributed by atoms with van der Waals surface area (Å²) in [6.45, 7) is 0. The van der Waals surface area contributed by atoms with E-state index in [1.807, 2.05) is 0 Å². The number of hydrogen-bond acceptors (Lipinski definition) is 5. The second-order valence-corrected chi connectivity index (χ2v) is 6.44. The first-order chi connectivity index (χ1) is 13.9. The van der Waals surface area contributed by atoms with Crippen molar-refractivity contribution in [3.8, 4) is 22.8 Å². The van der Waals surface area contributed by atoms with Gasteiger partial charge in [-0.3, -0.25) is 9.78 Å². The molecule has 2 aromatic carbocycles. The zero-order chi connectivity index (χ0) is 20.5. The van der Waals surface area contributed by atoms with Gasteiger partial charge in [-0.1, -0.05) is 6.07 Å². The maximum absolute atomic E-state index is 13.4. The average molecular weight is 395 g/mol. The molecule has 0 bridgehead atoms. The van der Waals surface area contributed by atoms with Crippen LogP contribution in [0.5, 0.6) is 11.5 Å². The van der Waals surface area contributed by atoms with Crippen molar-refractivity contribution < 1.29 is 18.6 Å². The Kier molecular flexibility index (Phi) is 4.67. The van der Waals surface area contributed by atoms with E-state index in [0.29, 0.717) is 28.0 Å². The number of nitrogens with one attached hydrogen (secondary N) is 1. The third-order valence-electron chi connectivity index (χ3n) is 4.41. The Morgan fingerprint density at radius 1 is 1.10 bits per heavy atom. The van der Waals surface area contributed by atoms with Crippen LogP contribution in [0.4, 0.5) is 8.78 Å². The highest BCUT2D eigenvalue weighted by molar-refractivity contribution is 5.81. The van der Waals surface area contributed by atoms with Crippen molar-refractivity contribution in [2.75, 3.05) is 7.11 Å². The van der Waals surface area contributed by atoms with Crippen LogP contribution in [0.25, 0.3) is 22.2 Å². The van der Waals surface area contributed by atoms with Crippen molar-refractivity contribution in [1.29, 1.82) is 0 Å². The van der Waals surface area contributed by atoms with Gasteiger partial charge in [-0.15, -0.1) is 0 Å². The van der Waals surface area contributed by atoms with Crippen LogP contribution < -0.4 is 10.3 Å². The molecule has 29 heavy (non-hydrogen) atoms. The Morgan fingerprint density at radius 3 is 2.52 bits per heavy atom. The van der Waals surface area contributed by atoms with E-state index in [0.717, 1.165) is 11.6 Å². The number of aromatic amines is 1. The van der Waals surface area contributed by atoms with Crippen LogP contribution in [0.1, 0.15) is 11.4 Å². The van der Waals surface area contributed by atoms with Crippen LogP contribution in [0.15, 0.2) is 53.5 Å². The number of nitrogens with zero attached hydrogens (tertiary/aromatic N) is 2. The first-order valence-electron chi connectivity index (χ1n) is 8.64. The quantitative estimate of drug-likeness (QED) is 0.552. The minimum absolute atomic E-state index is 0.114. The molecule has 0 amide bonds. The normalized spacial score (nSPS) is 11.0. The number of aromatic hydroxyl groups is 1.